The summed E-state index contributed by atoms with van der Waals surface area (Å²) in [6.07, 6.45) is 6.30. The van der Waals surface area contributed by atoms with Crippen molar-refractivity contribution >= 4 is 10.0 Å². The van der Waals surface area contributed by atoms with Crippen molar-refractivity contribution in [2.24, 2.45) is 5.92 Å². The monoisotopic (exact) mass is 260 g/mol. The van der Waals surface area contributed by atoms with Gasteiger partial charge in [-0.25, -0.2) is 13.1 Å². The summed E-state index contributed by atoms with van der Waals surface area (Å²) >= 11 is 0. The van der Waals surface area contributed by atoms with E-state index in [0.717, 1.165) is 38.6 Å². The molecule has 5 heteroatoms. The van der Waals surface area contributed by atoms with Crippen LogP contribution in [0.25, 0.3) is 0 Å². The highest BCUT2D eigenvalue weighted by atomic mass is 32.2. The van der Waals surface area contributed by atoms with Crippen LogP contribution in [0.3, 0.4) is 0 Å². The average molecular weight is 260 g/mol. The lowest BCUT2D eigenvalue weighted by Crippen LogP contribution is -2.49. The summed E-state index contributed by atoms with van der Waals surface area (Å²) in [4.78, 5) is 0. The largest absolute Gasteiger partial charge is 0.315 e. The smallest absolute Gasteiger partial charge is 0.215 e. The van der Waals surface area contributed by atoms with Gasteiger partial charge in [0.25, 0.3) is 0 Å². The molecule has 1 heterocycles. The van der Waals surface area contributed by atoms with Crippen molar-refractivity contribution in [2.75, 3.05) is 13.1 Å². The van der Waals surface area contributed by atoms with Gasteiger partial charge in [-0.2, -0.15) is 0 Å². The van der Waals surface area contributed by atoms with Gasteiger partial charge in [0.05, 0.1) is 5.25 Å². The molecule has 0 bridgehead atoms. The zero-order valence-corrected chi connectivity index (χ0v) is 11.4. The predicted molar refractivity (Wildman–Crippen MR) is 69.4 cm³/mol. The summed E-state index contributed by atoms with van der Waals surface area (Å²) in [6.45, 7) is 3.72. The Labute approximate surface area is 105 Å². The molecule has 3 atom stereocenters. The van der Waals surface area contributed by atoms with E-state index in [1.54, 1.807) is 0 Å². The van der Waals surface area contributed by atoms with Gasteiger partial charge in [0.15, 0.2) is 0 Å². The highest BCUT2D eigenvalue weighted by Crippen LogP contribution is 2.25. The zero-order chi connectivity index (χ0) is 12.3. The second-order valence-electron chi connectivity index (χ2n) is 5.50. The van der Waals surface area contributed by atoms with E-state index in [0.29, 0.717) is 12.5 Å². The topological polar surface area (TPSA) is 58.2 Å². The average Bonchev–Trinajstić information content (AvgIpc) is 2.33. The van der Waals surface area contributed by atoms with Gasteiger partial charge >= 0.3 is 0 Å². The van der Waals surface area contributed by atoms with Crippen LogP contribution < -0.4 is 10.0 Å². The first-order valence-corrected chi connectivity index (χ1v) is 8.36. The first-order valence-electron chi connectivity index (χ1n) is 6.81. The van der Waals surface area contributed by atoms with Crippen molar-refractivity contribution in [2.45, 2.75) is 56.7 Å². The van der Waals surface area contributed by atoms with Crippen LogP contribution in [0.5, 0.6) is 0 Å². The van der Waals surface area contributed by atoms with Gasteiger partial charge in [0.2, 0.25) is 10.0 Å². The van der Waals surface area contributed by atoms with E-state index in [9.17, 15) is 8.42 Å². The molecule has 4 nitrogen and oxygen atoms in total. The van der Waals surface area contributed by atoms with E-state index in [2.05, 4.69) is 17.0 Å². The first-order chi connectivity index (χ1) is 8.09. The van der Waals surface area contributed by atoms with Crippen LogP contribution in [0.1, 0.15) is 45.4 Å². The summed E-state index contributed by atoms with van der Waals surface area (Å²) in [6, 6.07) is 0.163. The minimum absolute atomic E-state index is 0.163. The quantitative estimate of drug-likeness (QED) is 0.802. The van der Waals surface area contributed by atoms with Crippen LogP contribution in [0.2, 0.25) is 0 Å². The van der Waals surface area contributed by atoms with E-state index in [-0.39, 0.29) is 11.3 Å². The van der Waals surface area contributed by atoms with Gasteiger partial charge < -0.3 is 5.32 Å². The highest BCUT2D eigenvalue weighted by Gasteiger charge is 2.31. The Morgan fingerprint density at radius 1 is 1.12 bits per heavy atom. The van der Waals surface area contributed by atoms with Gasteiger partial charge in [-0.3, -0.25) is 0 Å². The molecule has 0 aromatic heterocycles. The molecule has 0 spiro atoms. The third-order valence-corrected chi connectivity index (χ3v) is 6.03. The maximum absolute atomic E-state index is 12.2. The Balaban J connectivity index is 1.95. The van der Waals surface area contributed by atoms with Crippen molar-refractivity contribution in [3.8, 4) is 0 Å². The third-order valence-electron chi connectivity index (χ3n) is 4.12. The van der Waals surface area contributed by atoms with E-state index in [1.165, 1.54) is 6.42 Å². The minimum Gasteiger partial charge on any atom is -0.315 e. The molecule has 0 aromatic carbocycles. The molecular weight excluding hydrogens is 236 g/mol. The molecule has 1 aliphatic heterocycles. The molecule has 0 aromatic rings. The van der Waals surface area contributed by atoms with Crippen LogP contribution in [0.4, 0.5) is 0 Å². The Hall–Kier alpha value is -0.130. The maximum atomic E-state index is 12.2. The van der Waals surface area contributed by atoms with Crippen molar-refractivity contribution in [3.05, 3.63) is 0 Å². The molecule has 1 saturated carbocycles. The highest BCUT2D eigenvalue weighted by molar-refractivity contribution is 7.90. The minimum atomic E-state index is -3.13. The number of sulfonamides is 1. The first kappa shape index (κ1) is 13.3. The van der Waals surface area contributed by atoms with Gasteiger partial charge in [-0.15, -0.1) is 0 Å². The van der Waals surface area contributed by atoms with Gasteiger partial charge in [0.1, 0.15) is 0 Å². The van der Waals surface area contributed by atoms with Crippen molar-refractivity contribution in [3.63, 3.8) is 0 Å². The van der Waals surface area contributed by atoms with Crippen LogP contribution in [-0.4, -0.2) is 32.8 Å². The van der Waals surface area contributed by atoms with E-state index < -0.39 is 10.0 Å². The Kier molecular flexibility index (Phi) is 4.44. The number of hydrogen-bond acceptors (Lipinski definition) is 3. The van der Waals surface area contributed by atoms with Gasteiger partial charge in [-0.05, 0) is 38.1 Å². The van der Waals surface area contributed by atoms with Crippen molar-refractivity contribution in [1.29, 1.82) is 0 Å². The summed E-state index contributed by atoms with van der Waals surface area (Å²) in [7, 11) is -3.13. The van der Waals surface area contributed by atoms with Crippen LogP contribution in [-0.2, 0) is 10.0 Å². The number of piperidine rings is 1. The molecule has 2 aliphatic rings. The molecule has 0 amide bonds. The molecule has 2 rings (SSSR count). The Morgan fingerprint density at radius 2 is 1.88 bits per heavy atom. The number of rotatable bonds is 3. The lowest BCUT2D eigenvalue weighted by molar-refractivity contribution is 0.308. The fraction of sp³-hybridized carbons (Fsp3) is 1.00. The molecule has 100 valence electrons. The molecule has 0 radical (unpaired) electrons. The molecule has 1 aliphatic carbocycles. The fourth-order valence-electron chi connectivity index (χ4n) is 2.88. The summed E-state index contributed by atoms with van der Waals surface area (Å²) < 4.78 is 27.4. The zero-order valence-electron chi connectivity index (χ0n) is 10.6. The van der Waals surface area contributed by atoms with Gasteiger partial charge in [-0.1, -0.05) is 19.8 Å². The number of nitrogens with one attached hydrogen (secondary N) is 2. The fourth-order valence-corrected chi connectivity index (χ4v) is 4.66. The second-order valence-corrected chi connectivity index (χ2v) is 7.49. The normalized spacial score (nSPS) is 35.7. The summed E-state index contributed by atoms with van der Waals surface area (Å²) in [5.74, 6) is 0.482. The van der Waals surface area contributed by atoms with E-state index >= 15 is 0 Å². The number of hydrogen-bond donors (Lipinski definition) is 2. The SMILES string of the molecule is CC1CCCCC1NS(=O)(=O)C1CCCNC1. The maximum Gasteiger partial charge on any atom is 0.215 e. The lowest BCUT2D eigenvalue weighted by Gasteiger charge is -2.32. The van der Waals surface area contributed by atoms with Crippen LogP contribution in [0, 0.1) is 5.92 Å². The summed E-state index contributed by atoms with van der Waals surface area (Å²) in [5.41, 5.74) is 0. The Morgan fingerprint density at radius 3 is 2.53 bits per heavy atom. The van der Waals surface area contributed by atoms with Crippen molar-refractivity contribution in [1.82, 2.24) is 10.0 Å². The van der Waals surface area contributed by atoms with Gasteiger partial charge in [0, 0.05) is 12.6 Å². The van der Waals surface area contributed by atoms with E-state index in [1.807, 2.05) is 0 Å². The molecule has 17 heavy (non-hydrogen) atoms. The molecule has 2 fully saturated rings. The molecule has 1 saturated heterocycles. The lowest BCUT2D eigenvalue weighted by atomic mass is 9.87. The Bertz CT molecular complexity index is 336. The molecule has 2 N–H and O–H groups in total. The van der Waals surface area contributed by atoms with E-state index in [4.69, 9.17) is 0 Å². The second kappa shape index (κ2) is 5.67. The van der Waals surface area contributed by atoms with Crippen LogP contribution >= 0.6 is 0 Å². The summed E-state index contributed by atoms with van der Waals surface area (Å²) in [5, 5.41) is 2.94. The molecular formula is C12H24N2O2S. The predicted octanol–water partition coefficient (Wildman–Crippen LogP) is 1.24. The molecule has 3 unspecified atom stereocenters. The van der Waals surface area contributed by atoms with Crippen molar-refractivity contribution < 1.29 is 8.42 Å². The standard InChI is InChI=1S/C12H24N2O2S/c1-10-5-2-3-7-12(10)14-17(15,16)11-6-4-8-13-9-11/h10-14H,2-9H2,1H3. The third kappa shape index (κ3) is 3.42. The van der Waals surface area contributed by atoms with Crippen LogP contribution in [0.15, 0.2) is 0 Å².